The summed E-state index contributed by atoms with van der Waals surface area (Å²) in [5.41, 5.74) is -12.1. The molecule has 0 aliphatic heterocycles. The Kier molecular flexibility index (Phi) is 13.9. The smallest absolute Gasteiger partial charge is 0.413 e. The molecule has 0 aromatic heterocycles. The first-order valence-corrected chi connectivity index (χ1v) is 13.6. The Hall–Kier alpha value is -3.52. The fourth-order valence-electron chi connectivity index (χ4n) is 3.83. The second-order valence-corrected chi connectivity index (χ2v) is 12.0. The first-order valence-electron chi connectivity index (χ1n) is 13.6. The van der Waals surface area contributed by atoms with Gasteiger partial charge in [0.25, 0.3) is 0 Å². The van der Waals surface area contributed by atoms with E-state index in [2.05, 4.69) is 0 Å². The average molecular weight is 1050 g/mol. The van der Waals surface area contributed by atoms with Crippen LogP contribution in [0.25, 0.3) is 0 Å². The van der Waals surface area contributed by atoms with Crippen LogP contribution in [-0.2, 0) is 9.53 Å². The number of carbonyl (C=O) groups excluding carboxylic acids is 1. The average Bonchev–Trinajstić information content (AvgIpc) is 3.04. The summed E-state index contributed by atoms with van der Waals surface area (Å²) >= 11 is 0. The van der Waals surface area contributed by atoms with Crippen LogP contribution in [0.5, 0.6) is 0 Å². The molecule has 0 saturated carbocycles. The van der Waals surface area contributed by atoms with Gasteiger partial charge in [0.05, 0.1) is 0 Å². The highest BCUT2D eigenvalue weighted by molar-refractivity contribution is 5.87. The summed E-state index contributed by atoms with van der Waals surface area (Å²) in [6, 6.07) is 0. The lowest BCUT2D eigenvalue weighted by atomic mass is 9.80. The molecule has 0 rings (SSSR count). The molecule has 1 unspecified atom stereocenters. The van der Waals surface area contributed by atoms with Gasteiger partial charge in [-0.2, -0.15) is 167 Å². The van der Waals surface area contributed by atoms with E-state index in [1.54, 1.807) is 4.74 Å². The summed E-state index contributed by atoms with van der Waals surface area (Å²) in [5, 5.41) is 0. The third-order valence-corrected chi connectivity index (χ3v) is 7.69. The molecular weight excluding hydrogens is 1050 g/mol. The van der Waals surface area contributed by atoms with E-state index in [1.807, 2.05) is 6.58 Å². The monoisotopic (exact) mass is 1050 g/mol. The van der Waals surface area contributed by atoms with Crippen molar-refractivity contribution in [3.8, 4) is 0 Å². The van der Waals surface area contributed by atoms with Crippen LogP contribution in [0.3, 0.4) is 0 Å². The van der Waals surface area contributed by atoms with Gasteiger partial charge in [0.2, 0.25) is 0 Å². The number of halogens is 39. The van der Waals surface area contributed by atoms with Crippen LogP contribution in [0.1, 0.15) is 6.92 Å². The normalized spacial score (nSPS) is 17.6. The Bertz CT molecular complexity index is 1740. The van der Waals surface area contributed by atoms with Gasteiger partial charge in [-0.15, -0.1) is 0 Å². The molecule has 0 aliphatic rings. The molecule has 64 heavy (non-hydrogen) atoms. The Labute approximate surface area is 320 Å². The largest absolute Gasteiger partial charge is 0.460 e. The van der Waals surface area contributed by atoms with Crippen LogP contribution in [0, 0.1) is 0 Å². The zero-order chi connectivity index (χ0) is 53.4. The molecule has 0 spiro atoms. The highest BCUT2D eigenvalue weighted by atomic mass is 19.5. The molecule has 0 saturated heterocycles. The minimum atomic E-state index is -10.6. The maximum atomic E-state index is 15.3. The van der Waals surface area contributed by atoms with Crippen molar-refractivity contribution < 1.29 is 181 Å². The number of hydrogen-bond acceptors (Lipinski definition) is 2. The molecule has 0 bridgehead atoms. The molecule has 41 heteroatoms. The maximum absolute atomic E-state index is 15.3. The second-order valence-electron chi connectivity index (χ2n) is 12.0. The highest BCUT2D eigenvalue weighted by Gasteiger charge is 3.04. The van der Waals surface area contributed by atoms with E-state index in [0.29, 0.717) is 0 Å². The first kappa shape index (κ1) is 60.5. The lowest BCUT2D eigenvalue weighted by molar-refractivity contribution is -0.502. The molecular formula is C23H5F39O2. The molecule has 0 N–H and O–H groups in total. The van der Waals surface area contributed by atoms with Crippen LogP contribution in [-0.4, -0.2) is 119 Å². The Morgan fingerprint density at radius 1 is 0.281 bits per heavy atom. The van der Waals surface area contributed by atoms with Crippen LogP contribution < -0.4 is 0 Å². The zero-order valence-electron chi connectivity index (χ0n) is 27.8. The second kappa shape index (κ2) is 14.7. The Morgan fingerprint density at radius 2 is 0.453 bits per heavy atom. The van der Waals surface area contributed by atoms with Crippen molar-refractivity contribution in [2.24, 2.45) is 0 Å². The minimum Gasteiger partial charge on any atom is -0.413 e. The predicted molar refractivity (Wildman–Crippen MR) is 116 cm³/mol. The standard InChI is InChI=1S/C23H5F39O2/c1-3(2)4(63)64-20(53,18(49,50)15(43,44)12(37,38)13(39,40)16(45,46)19(51,52)23(60,61)62)17(47,48)14(41,42)11(35,36)10(33,34)9(31,32)8(29,30)7(27,28)6(25,26)5(24,21(54,55)56)22(57,58)59/h1H2,2H3. The van der Waals surface area contributed by atoms with Crippen molar-refractivity contribution in [2.45, 2.75) is 120 Å². The van der Waals surface area contributed by atoms with E-state index in [9.17, 15) is 172 Å². The van der Waals surface area contributed by atoms with E-state index >= 15 is 4.39 Å². The van der Waals surface area contributed by atoms with Gasteiger partial charge >= 0.3 is 119 Å². The van der Waals surface area contributed by atoms with Crippen molar-refractivity contribution in [3.05, 3.63) is 12.2 Å². The van der Waals surface area contributed by atoms with Gasteiger partial charge in [0, 0.05) is 5.57 Å². The van der Waals surface area contributed by atoms with E-state index in [0.717, 1.165) is 0 Å². The van der Waals surface area contributed by atoms with Gasteiger partial charge in [-0.1, -0.05) is 6.58 Å². The molecule has 0 aliphatic carbocycles. The summed E-state index contributed by atoms with van der Waals surface area (Å²) < 4.78 is 537. The van der Waals surface area contributed by atoms with Crippen LogP contribution in [0.2, 0.25) is 0 Å². The van der Waals surface area contributed by atoms with Crippen molar-refractivity contribution >= 4 is 5.97 Å². The van der Waals surface area contributed by atoms with Gasteiger partial charge in [-0.3, -0.25) is 0 Å². The summed E-state index contributed by atoms with van der Waals surface area (Å²) in [5.74, 6) is -156. The van der Waals surface area contributed by atoms with Gasteiger partial charge in [0.1, 0.15) is 0 Å². The molecule has 0 fully saturated rings. The molecule has 0 heterocycles. The molecule has 0 amide bonds. The molecule has 2 nitrogen and oxygen atoms in total. The summed E-state index contributed by atoms with van der Waals surface area (Å²) in [6.45, 7) is 1.28. The topological polar surface area (TPSA) is 26.3 Å². The van der Waals surface area contributed by atoms with E-state index in [-0.39, 0.29) is 0 Å². The lowest BCUT2D eigenvalue weighted by Crippen LogP contribution is -2.82. The molecule has 1 atom stereocenters. The van der Waals surface area contributed by atoms with Crippen LogP contribution >= 0.6 is 0 Å². The first-order chi connectivity index (χ1) is 26.8. The fraction of sp³-hybridized carbons (Fsp3) is 0.870. The highest BCUT2D eigenvalue weighted by Crippen LogP contribution is 2.71. The third-order valence-electron chi connectivity index (χ3n) is 7.69. The maximum Gasteiger partial charge on any atom is 0.460 e. The zero-order valence-corrected chi connectivity index (χ0v) is 27.8. The summed E-state index contributed by atoms with van der Waals surface area (Å²) in [7, 11) is 0. The summed E-state index contributed by atoms with van der Waals surface area (Å²) in [6.07, 6.45) is -26.5. The van der Waals surface area contributed by atoms with E-state index < -0.39 is 131 Å². The molecule has 0 radical (unpaired) electrons. The molecule has 0 aromatic carbocycles. The fourth-order valence-corrected chi connectivity index (χ4v) is 3.83. The number of hydrogen-bond donors (Lipinski definition) is 0. The number of ether oxygens (including phenoxy) is 1. The molecule has 0 aromatic rings. The van der Waals surface area contributed by atoms with Crippen molar-refractivity contribution in [1.82, 2.24) is 0 Å². The minimum absolute atomic E-state index is 0.539. The predicted octanol–water partition coefficient (Wildman–Crippen LogP) is 13.1. The quantitative estimate of drug-likeness (QED) is 0.0824. The van der Waals surface area contributed by atoms with Crippen molar-refractivity contribution in [1.29, 1.82) is 0 Å². The number of esters is 1. The Balaban J connectivity index is 8.60. The van der Waals surface area contributed by atoms with Gasteiger partial charge < -0.3 is 4.74 Å². The lowest BCUT2D eigenvalue weighted by Gasteiger charge is -2.48. The Morgan fingerprint density at radius 3 is 0.625 bits per heavy atom. The number of alkyl halides is 39. The summed E-state index contributed by atoms with van der Waals surface area (Å²) in [4.78, 5) is 11.4. The van der Waals surface area contributed by atoms with Gasteiger partial charge in [-0.25, -0.2) is 9.18 Å². The van der Waals surface area contributed by atoms with Crippen LogP contribution in [0.4, 0.5) is 171 Å². The van der Waals surface area contributed by atoms with Gasteiger partial charge in [0.15, 0.2) is 0 Å². The number of rotatable bonds is 17. The van der Waals surface area contributed by atoms with Crippen molar-refractivity contribution in [3.63, 3.8) is 0 Å². The van der Waals surface area contributed by atoms with E-state index in [4.69, 9.17) is 0 Å². The van der Waals surface area contributed by atoms with Crippen LogP contribution in [0.15, 0.2) is 12.2 Å². The molecule has 382 valence electrons. The van der Waals surface area contributed by atoms with E-state index in [1.165, 1.54) is 0 Å². The third kappa shape index (κ3) is 6.89. The number of carbonyl (C=O) groups is 1. The van der Waals surface area contributed by atoms with Crippen molar-refractivity contribution in [2.75, 3.05) is 0 Å². The SMILES string of the molecule is C=C(C)C(=O)OC(F)(C(F)(F)C(F)(F)C(F)(F)C(F)(F)C(F)(F)C(F)(F)C(F)(F)F)C(F)(F)C(F)(F)C(F)(F)C(F)(F)C(F)(F)C(F)(F)C(F)(F)C(F)(F)C(F)(C(F)(F)F)C(F)(F)F. The van der Waals surface area contributed by atoms with Gasteiger partial charge in [-0.05, 0) is 6.92 Å².